The number of hydrogen-bond donors (Lipinski definition) is 3. The fraction of sp³-hybridized carbons (Fsp3) is 0.259. The van der Waals surface area contributed by atoms with Gasteiger partial charge in [0.25, 0.3) is 0 Å². The highest BCUT2D eigenvalue weighted by Crippen LogP contribution is 2.45. The molecule has 0 saturated heterocycles. The lowest BCUT2D eigenvalue weighted by Crippen LogP contribution is -2.06. The van der Waals surface area contributed by atoms with Crippen molar-refractivity contribution < 1.29 is 24.0 Å². The molecular formula is C27H28N3O5P. The second-order valence-corrected chi connectivity index (χ2v) is 10.6. The molecule has 0 radical (unpaired) electrons. The van der Waals surface area contributed by atoms with E-state index < -0.39 is 7.82 Å². The molecule has 0 atom stereocenters. The van der Waals surface area contributed by atoms with Crippen molar-refractivity contribution >= 4 is 7.82 Å². The third-order valence-electron chi connectivity index (χ3n) is 6.48. The number of aryl methyl sites for hydroxylation is 2. The zero-order chi connectivity index (χ0) is 25.4. The fourth-order valence-corrected chi connectivity index (χ4v) is 5.19. The number of phenolic OH excluding ortho intramolecular Hbond substituents is 1. The Hall–Kier alpha value is -3.45. The maximum atomic E-state index is 11.5. The molecule has 36 heavy (non-hydrogen) atoms. The number of nitrogens with zero attached hydrogens (tertiary/aromatic N) is 3. The number of phosphoric ester groups is 1. The van der Waals surface area contributed by atoms with E-state index in [-0.39, 0.29) is 17.4 Å². The maximum Gasteiger partial charge on any atom is 0.524 e. The van der Waals surface area contributed by atoms with Gasteiger partial charge in [0, 0.05) is 18.2 Å². The third kappa shape index (κ3) is 4.93. The van der Waals surface area contributed by atoms with Gasteiger partial charge in [0.2, 0.25) is 0 Å². The minimum absolute atomic E-state index is 0.0623. The third-order valence-corrected chi connectivity index (χ3v) is 6.92. The van der Waals surface area contributed by atoms with E-state index in [1.165, 1.54) is 17.2 Å². The molecule has 0 saturated carbocycles. The van der Waals surface area contributed by atoms with Crippen molar-refractivity contribution in [3.05, 3.63) is 88.7 Å². The zero-order valence-electron chi connectivity index (χ0n) is 20.1. The lowest BCUT2D eigenvalue weighted by atomic mass is 9.98. The van der Waals surface area contributed by atoms with Gasteiger partial charge in [-0.3, -0.25) is 14.4 Å². The van der Waals surface area contributed by atoms with Gasteiger partial charge in [-0.15, -0.1) is 10.2 Å². The van der Waals surface area contributed by atoms with Crippen LogP contribution in [0.2, 0.25) is 0 Å². The van der Waals surface area contributed by atoms with E-state index in [0.717, 1.165) is 36.3 Å². The summed E-state index contributed by atoms with van der Waals surface area (Å²) >= 11 is 0. The summed E-state index contributed by atoms with van der Waals surface area (Å²) in [5, 5.41) is 19.9. The van der Waals surface area contributed by atoms with E-state index in [0.29, 0.717) is 23.4 Å². The summed E-state index contributed by atoms with van der Waals surface area (Å²) in [5.74, 6) is 0.763. The van der Waals surface area contributed by atoms with E-state index >= 15 is 0 Å². The van der Waals surface area contributed by atoms with Gasteiger partial charge in [-0.2, -0.15) is 0 Å². The zero-order valence-corrected chi connectivity index (χ0v) is 21.0. The molecule has 4 aromatic rings. The van der Waals surface area contributed by atoms with Gasteiger partial charge in [-0.25, -0.2) is 4.57 Å². The van der Waals surface area contributed by atoms with Gasteiger partial charge in [-0.05, 0) is 65.6 Å². The first-order valence-electron chi connectivity index (χ1n) is 11.9. The van der Waals surface area contributed by atoms with Crippen molar-refractivity contribution in [2.45, 2.75) is 45.4 Å². The quantitative estimate of drug-likeness (QED) is 0.291. The number of phenols is 1. The largest absolute Gasteiger partial charge is 0.524 e. The van der Waals surface area contributed by atoms with Crippen LogP contribution in [0.25, 0.3) is 17.1 Å². The Labute approximate surface area is 209 Å². The molecule has 0 bridgehead atoms. The highest BCUT2D eigenvalue weighted by molar-refractivity contribution is 7.46. The van der Waals surface area contributed by atoms with Gasteiger partial charge < -0.3 is 9.63 Å². The standard InChI is InChI=1S/C27H28N3O5P/c1-17(2)22-15-23(24(31)16-25(22)35-36(32,33)34)27-29-28-26(13-18-7-4-3-5-8-18)30(27)21-12-11-19-9-6-10-20(19)14-21/h3-5,7-8,11-12,14-17,31H,6,9-10,13H2,1-2H3,(H2,32,33,34). The molecular weight excluding hydrogens is 477 g/mol. The van der Waals surface area contributed by atoms with Gasteiger partial charge >= 0.3 is 7.82 Å². The average Bonchev–Trinajstić information content (AvgIpc) is 3.45. The molecule has 3 N–H and O–H groups in total. The van der Waals surface area contributed by atoms with Gasteiger partial charge in [0.05, 0.1) is 5.56 Å². The Bertz CT molecular complexity index is 1460. The van der Waals surface area contributed by atoms with Crippen molar-refractivity contribution in [1.29, 1.82) is 0 Å². The number of aromatic hydroxyl groups is 1. The second kappa shape index (κ2) is 9.54. The Balaban J connectivity index is 1.68. The molecule has 186 valence electrons. The van der Waals surface area contributed by atoms with Crippen LogP contribution in [-0.4, -0.2) is 29.7 Å². The van der Waals surface area contributed by atoms with Crippen LogP contribution in [0.5, 0.6) is 11.5 Å². The smallest absolute Gasteiger partial charge is 0.507 e. The average molecular weight is 506 g/mol. The molecule has 0 aliphatic heterocycles. The Kier molecular flexibility index (Phi) is 6.43. The van der Waals surface area contributed by atoms with Crippen molar-refractivity contribution in [2.24, 2.45) is 0 Å². The number of benzene rings is 3. The summed E-state index contributed by atoms with van der Waals surface area (Å²) in [7, 11) is -4.81. The summed E-state index contributed by atoms with van der Waals surface area (Å²) in [5.41, 5.74) is 5.58. The Morgan fingerprint density at radius 3 is 2.47 bits per heavy atom. The van der Waals surface area contributed by atoms with Crippen LogP contribution < -0.4 is 4.52 Å². The maximum absolute atomic E-state index is 11.5. The molecule has 1 aromatic heterocycles. The van der Waals surface area contributed by atoms with Crippen LogP contribution in [0.4, 0.5) is 0 Å². The number of fused-ring (bicyclic) bond motifs is 1. The van der Waals surface area contributed by atoms with E-state index in [4.69, 9.17) is 4.52 Å². The summed E-state index contributed by atoms with van der Waals surface area (Å²) in [6.45, 7) is 3.77. The predicted molar refractivity (Wildman–Crippen MR) is 136 cm³/mol. The molecule has 1 aliphatic rings. The molecule has 0 unspecified atom stereocenters. The van der Waals surface area contributed by atoms with E-state index in [2.05, 4.69) is 28.4 Å². The number of aromatic nitrogens is 3. The molecule has 3 aromatic carbocycles. The van der Waals surface area contributed by atoms with Crippen LogP contribution in [0.1, 0.15) is 54.3 Å². The first-order chi connectivity index (χ1) is 17.2. The first kappa shape index (κ1) is 24.3. The fourth-order valence-electron chi connectivity index (χ4n) is 4.78. The van der Waals surface area contributed by atoms with Gasteiger partial charge in [-0.1, -0.05) is 50.2 Å². The molecule has 0 spiro atoms. The first-order valence-corrected chi connectivity index (χ1v) is 13.5. The molecule has 8 nitrogen and oxygen atoms in total. The Morgan fingerprint density at radius 2 is 1.75 bits per heavy atom. The Morgan fingerprint density at radius 1 is 1.00 bits per heavy atom. The van der Waals surface area contributed by atoms with Crippen LogP contribution in [0, 0.1) is 0 Å². The topological polar surface area (TPSA) is 118 Å². The van der Waals surface area contributed by atoms with E-state index in [1.54, 1.807) is 6.07 Å². The molecule has 1 aliphatic carbocycles. The summed E-state index contributed by atoms with van der Waals surface area (Å²) in [6.07, 6.45) is 3.76. The van der Waals surface area contributed by atoms with Gasteiger partial charge in [0.1, 0.15) is 17.3 Å². The molecule has 5 rings (SSSR count). The van der Waals surface area contributed by atoms with Crippen LogP contribution >= 0.6 is 7.82 Å². The minimum atomic E-state index is -4.81. The number of rotatable bonds is 7. The molecule has 1 heterocycles. The predicted octanol–water partition coefficient (Wildman–Crippen LogP) is 5.31. The van der Waals surface area contributed by atoms with Crippen molar-refractivity contribution in [3.63, 3.8) is 0 Å². The van der Waals surface area contributed by atoms with Crippen LogP contribution in [-0.2, 0) is 23.8 Å². The number of phosphoric acid groups is 1. The van der Waals surface area contributed by atoms with Crippen molar-refractivity contribution in [3.8, 4) is 28.6 Å². The lowest BCUT2D eigenvalue weighted by molar-refractivity contribution is 0.281. The molecule has 0 amide bonds. The van der Waals surface area contributed by atoms with Crippen molar-refractivity contribution in [2.75, 3.05) is 0 Å². The summed E-state index contributed by atoms with van der Waals surface area (Å²) in [6, 6.07) is 19.3. The lowest BCUT2D eigenvalue weighted by Gasteiger charge is -2.18. The van der Waals surface area contributed by atoms with Crippen molar-refractivity contribution in [1.82, 2.24) is 14.8 Å². The second-order valence-electron chi connectivity index (χ2n) is 9.39. The molecule has 0 fully saturated rings. The number of hydrogen-bond acceptors (Lipinski definition) is 5. The highest BCUT2D eigenvalue weighted by Gasteiger charge is 2.25. The van der Waals surface area contributed by atoms with E-state index in [9.17, 15) is 19.5 Å². The van der Waals surface area contributed by atoms with Crippen LogP contribution in [0.3, 0.4) is 0 Å². The highest BCUT2D eigenvalue weighted by atomic mass is 31.2. The molecule has 9 heteroatoms. The minimum Gasteiger partial charge on any atom is -0.507 e. The van der Waals surface area contributed by atoms with E-state index in [1.807, 2.05) is 48.7 Å². The normalized spacial score (nSPS) is 13.2. The van der Waals surface area contributed by atoms with Gasteiger partial charge in [0.15, 0.2) is 5.82 Å². The summed E-state index contributed by atoms with van der Waals surface area (Å²) in [4.78, 5) is 18.7. The SMILES string of the molecule is CC(C)c1cc(-c2nnc(Cc3ccccc3)n2-c2ccc3c(c2)CCC3)c(O)cc1OP(=O)(O)O. The van der Waals surface area contributed by atoms with Crippen LogP contribution in [0.15, 0.2) is 60.7 Å². The monoisotopic (exact) mass is 505 g/mol. The summed E-state index contributed by atoms with van der Waals surface area (Å²) < 4.78 is 18.3.